The average Bonchev–Trinajstić information content (AvgIpc) is 2.74. The van der Waals surface area contributed by atoms with Crippen LogP contribution in [-0.4, -0.2) is 24.6 Å². The largest absolute Gasteiger partial charge is 0.369 e. The van der Waals surface area contributed by atoms with E-state index in [0.29, 0.717) is 0 Å². The number of rotatable bonds is 4. The molecule has 0 aromatic carbocycles. The molecule has 16 heavy (non-hydrogen) atoms. The van der Waals surface area contributed by atoms with Crippen molar-refractivity contribution in [1.29, 1.82) is 0 Å². The van der Waals surface area contributed by atoms with Gasteiger partial charge in [-0.1, -0.05) is 0 Å². The number of aromatic nitrogens is 1. The molecule has 1 aromatic heterocycles. The number of anilines is 1. The van der Waals surface area contributed by atoms with Crippen LogP contribution in [-0.2, 0) is 0 Å². The lowest BCUT2D eigenvalue weighted by Gasteiger charge is -2.11. The van der Waals surface area contributed by atoms with E-state index in [1.54, 1.807) is 0 Å². The van der Waals surface area contributed by atoms with Gasteiger partial charge in [0.15, 0.2) is 0 Å². The van der Waals surface area contributed by atoms with Crippen molar-refractivity contribution in [3.8, 4) is 0 Å². The summed E-state index contributed by atoms with van der Waals surface area (Å²) in [5.74, 6) is 1.79. The highest BCUT2D eigenvalue weighted by Gasteiger charge is 2.13. The quantitative estimate of drug-likeness (QED) is 0.892. The average molecular weight is 284 g/mol. The van der Waals surface area contributed by atoms with Crippen molar-refractivity contribution in [3.05, 3.63) is 22.3 Å². The highest BCUT2D eigenvalue weighted by atomic mass is 79.9. The van der Waals surface area contributed by atoms with E-state index in [2.05, 4.69) is 37.6 Å². The normalized spacial score (nSPS) is 20.0. The minimum atomic E-state index is 0.830. The van der Waals surface area contributed by atoms with Gasteiger partial charge in [-0.15, -0.1) is 0 Å². The number of hydrogen-bond acceptors (Lipinski definition) is 3. The summed E-state index contributed by atoms with van der Waals surface area (Å²) in [5.41, 5.74) is 1.18. The Morgan fingerprint density at radius 3 is 3.19 bits per heavy atom. The molecule has 88 valence electrons. The van der Waals surface area contributed by atoms with Crippen LogP contribution in [0.1, 0.15) is 18.4 Å². The lowest BCUT2D eigenvalue weighted by atomic mass is 10.1. The van der Waals surface area contributed by atoms with Crippen molar-refractivity contribution >= 4 is 21.7 Å². The Kier molecular flexibility index (Phi) is 4.18. The van der Waals surface area contributed by atoms with Gasteiger partial charge in [-0.3, -0.25) is 0 Å². The lowest BCUT2D eigenvalue weighted by Crippen LogP contribution is -2.13. The SMILES string of the molecule is Cc1cnc(NCCC2CCNC2)c(Br)c1. The first kappa shape index (κ1) is 11.9. The Morgan fingerprint density at radius 2 is 2.50 bits per heavy atom. The summed E-state index contributed by atoms with van der Waals surface area (Å²) in [6.07, 6.45) is 4.42. The van der Waals surface area contributed by atoms with Crippen molar-refractivity contribution in [2.24, 2.45) is 5.92 Å². The Labute approximate surface area is 105 Å². The predicted octanol–water partition coefficient (Wildman–Crippen LogP) is 2.56. The molecular weight excluding hydrogens is 266 g/mol. The summed E-state index contributed by atoms with van der Waals surface area (Å²) in [6, 6.07) is 2.09. The van der Waals surface area contributed by atoms with Gasteiger partial charge in [0.2, 0.25) is 0 Å². The maximum absolute atomic E-state index is 4.37. The van der Waals surface area contributed by atoms with Crippen molar-refractivity contribution in [2.45, 2.75) is 19.8 Å². The third kappa shape index (κ3) is 3.19. The van der Waals surface area contributed by atoms with Crippen molar-refractivity contribution in [1.82, 2.24) is 10.3 Å². The summed E-state index contributed by atoms with van der Waals surface area (Å²) in [7, 11) is 0. The number of nitrogens with zero attached hydrogens (tertiary/aromatic N) is 1. The van der Waals surface area contributed by atoms with Crippen LogP contribution in [0.4, 0.5) is 5.82 Å². The van der Waals surface area contributed by atoms with Crippen LogP contribution in [0.5, 0.6) is 0 Å². The smallest absolute Gasteiger partial charge is 0.140 e. The lowest BCUT2D eigenvalue weighted by molar-refractivity contribution is 0.549. The highest BCUT2D eigenvalue weighted by molar-refractivity contribution is 9.10. The molecule has 4 heteroatoms. The van der Waals surface area contributed by atoms with Gasteiger partial charge in [0.05, 0.1) is 4.47 Å². The molecule has 0 amide bonds. The van der Waals surface area contributed by atoms with E-state index in [1.165, 1.54) is 31.5 Å². The van der Waals surface area contributed by atoms with Gasteiger partial charge in [-0.25, -0.2) is 4.98 Å². The molecule has 1 aliphatic heterocycles. The molecule has 2 N–H and O–H groups in total. The van der Waals surface area contributed by atoms with Crippen LogP contribution in [0.15, 0.2) is 16.7 Å². The number of halogens is 1. The van der Waals surface area contributed by atoms with Crippen LogP contribution < -0.4 is 10.6 Å². The summed E-state index contributed by atoms with van der Waals surface area (Å²) in [5, 5.41) is 6.77. The van der Waals surface area contributed by atoms with Crippen LogP contribution in [0, 0.1) is 12.8 Å². The fourth-order valence-electron chi connectivity index (χ4n) is 2.02. The van der Waals surface area contributed by atoms with Gasteiger partial charge in [-0.05, 0) is 66.3 Å². The molecular formula is C12H18BrN3. The highest BCUT2D eigenvalue weighted by Crippen LogP contribution is 2.21. The van der Waals surface area contributed by atoms with E-state index >= 15 is 0 Å². The molecule has 1 aromatic rings. The fraction of sp³-hybridized carbons (Fsp3) is 0.583. The third-order valence-corrected chi connectivity index (χ3v) is 3.59. The van der Waals surface area contributed by atoms with Crippen molar-refractivity contribution < 1.29 is 0 Å². The minimum absolute atomic E-state index is 0.830. The van der Waals surface area contributed by atoms with E-state index in [9.17, 15) is 0 Å². The monoisotopic (exact) mass is 283 g/mol. The molecule has 1 saturated heterocycles. The summed E-state index contributed by atoms with van der Waals surface area (Å²) in [4.78, 5) is 4.37. The standard InChI is InChI=1S/C12H18BrN3/c1-9-6-11(13)12(16-7-9)15-5-3-10-2-4-14-8-10/h6-7,10,14H,2-5,8H2,1H3,(H,15,16). The second-order valence-corrected chi connectivity index (χ2v) is 5.27. The zero-order valence-electron chi connectivity index (χ0n) is 9.59. The van der Waals surface area contributed by atoms with Gasteiger partial charge in [0, 0.05) is 12.7 Å². The molecule has 0 saturated carbocycles. The third-order valence-electron chi connectivity index (χ3n) is 2.99. The molecule has 0 aliphatic carbocycles. The number of pyridine rings is 1. The summed E-state index contributed by atoms with van der Waals surface area (Å²) < 4.78 is 1.05. The van der Waals surface area contributed by atoms with Crippen LogP contribution in [0.2, 0.25) is 0 Å². The second kappa shape index (κ2) is 5.64. The van der Waals surface area contributed by atoms with Gasteiger partial charge < -0.3 is 10.6 Å². The zero-order valence-corrected chi connectivity index (χ0v) is 11.2. The molecule has 1 aliphatic rings. The maximum Gasteiger partial charge on any atom is 0.140 e. The number of nitrogens with one attached hydrogen (secondary N) is 2. The molecule has 2 rings (SSSR count). The Hall–Kier alpha value is -0.610. The Bertz CT molecular complexity index is 348. The van der Waals surface area contributed by atoms with Crippen molar-refractivity contribution in [3.63, 3.8) is 0 Å². The first-order valence-electron chi connectivity index (χ1n) is 5.82. The molecule has 1 atom stereocenters. The van der Waals surface area contributed by atoms with E-state index in [-0.39, 0.29) is 0 Å². The molecule has 0 bridgehead atoms. The Morgan fingerprint density at radius 1 is 1.62 bits per heavy atom. The summed E-state index contributed by atoms with van der Waals surface area (Å²) in [6.45, 7) is 5.40. The molecule has 1 unspecified atom stereocenters. The van der Waals surface area contributed by atoms with Crippen LogP contribution >= 0.6 is 15.9 Å². The maximum atomic E-state index is 4.37. The van der Waals surface area contributed by atoms with Crippen LogP contribution in [0.25, 0.3) is 0 Å². The summed E-state index contributed by atoms with van der Waals surface area (Å²) >= 11 is 3.52. The predicted molar refractivity (Wildman–Crippen MR) is 70.8 cm³/mol. The molecule has 2 heterocycles. The van der Waals surface area contributed by atoms with E-state index in [4.69, 9.17) is 0 Å². The Balaban J connectivity index is 1.80. The van der Waals surface area contributed by atoms with Gasteiger partial charge in [-0.2, -0.15) is 0 Å². The molecule has 3 nitrogen and oxygen atoms in total. The van der Waals surface area contributed by atoms with E-state index < -0.39 is 0 Å². The van der Waals surface area contributed by atoms with E-state index in [1.807, 2.05) is 13.1 Å². The number of hydrogen-bond donors (Lipinski definition) is 2. The second-order valence-electron chi connectivity index (χ2n) is 4.42. The molecule has 0 radical (unpaired) electrons. The molecule has 1 fully saturated rings. The zero-order chi connectivity index (χ0) is 11.4. The van der Waals surface area contributed by atoms with Gasteiger partial charge >= 0.3 is 0 Å². The van der Waals surface area contributed by atoms with Crippen molar-refractivity contribution in [2.75, 3.05) is 25.0 Å². The number of aryl methyl sites for hydroxylation is 1. The van der Waals surface area contributed by atoms with Gasteiger partial charge in [0.1, 0.15) is 5.82 Å². The topological polar surface area (TPSA) is 37.0 Å². The fourth-order valence-corrected chi connectivity index (χ4v) is 2.62. The van der Waals surface area contributed by atoms with Gasteiger partial charge in [0.25, 0.3) is 0 Å². The minimum Gasteiger partial charge on any atom is -0.369 e. The van der Waals surface area contributed by atoms with E-state index in [0.717, 1.165) is 22.8 Å². The molecule has 0 spiro atoms. The first-order valence-corrected chi connectivity index (χ1v) is 6.62. The van der Waals surface area contributed by atoms with Crippen LogP contribution in [0.3, 0.4) is 0 Å². The first-order chi connectivity index (χ1) is 7.75.